The van der Waals surface area contributed by atoms with Crippen LogP contribution in [0.15, 0.2) is 24.3 Å². The molecule has 1 aromatic carbocycles. The van der Waals surface area contributed by atoms with Gasteiger partial charge in [0.25, 0.3) is 0 Å². The highest BCUT2D eigenvalue weighted by molar-refractivity contribution is 5.53. The van der Waals surface area contributed by atoms with Crippen LogP contribution in [0.1, 0.15) is 33.3 Å². The zero-order valence-corrected chi connectivity index (χ0v) is 11.8. The second-order valence-corrected chi connectivity index (χ2v) is 5.00. The highest BCUT2D eigenvalue weighted by Crippen LogP contribution is 2.23. The first-order chi connectivity index (χ1) is 8.07. The summed E-state index contributed by atoms with van der Waals surface area (Å²) >= 11 is 0. The molecule has 17 heavy (non-hydrogen) atoms. The molecule has 1 aromatic rings. The van der Waals surface area contributed by atoms with Gasteiger partial charge in [0.2, 0.25) is 0 Å². The molecule has 96 valence electrons. The van der Waals surface area contributed by atoms with Crippen molar-refractivity contribution in [3.63, 3.8) is 0 Å². The number of hydrogen-bond donors (Lipinski definition) is 1. The predicted octanol–water partition coefficient (Wildman–Crippen LogP) is 3.28. The smallest absolute Gasteiger partial charge is 0.0411 e. The van der Waals surface area contributed by atoms with Crippen molar-refractivity contribution in [1.82, 2.24) is 5.32 Å². The van der Waals surface area contributed by atoms with Crippen LogP contribution in [0.5, 0.6) is 0 Å². The van der Waals surface area contributed by atoms with Crippen LogP contribution in [0.4, 0.5) is 5.69 Å². The molecular weight excluding hydrogens is 208 g/mol. The minimum atomic E-state index is 0.553. The van der Waals surface area contributed by atoms with E-state index in [-0.39, 0.29) is 0 Å². The third-order valence-corrected chi connectivity index (χ3v) is 3.51. The Morgan fingerprint density at radius 1 is 1.18 bits per heavy atom. The summed E-state index contributed by atoms with van der Waals surface area (Å²) in [6.07, 6.45) is 0. The van der Waals surface area contributed by atoms with Crippen molar-refractivity contribution in [2.75, 3.05) is 18.5 Å². The molecule has 0 heterocycles. The lowest BCUT2D eigenvalue weighted by molar-refractivity contribution is 0.504. The van der Waals surface area contributed by atoms with Crippen molar-refractivity contribution < 1.29 is 0 Å². The van der Waals surface area contributed by atoms with E-state index in [0.29, 0.717) is 12.0 Å². The average Bonchev–Trinajstić information content (AvgIpc) is 2.34. The molecule has 0 spiro atoms. The minimum Gasteiger partial charge on any atom is -0.371 e. The first-order valence-corrected chi connectivity index (χ1v) is 6.59. The third-order valence-electron chi connectivity index (χ3n) is 3.51. The van der Waals surface area contributed by atoms with Crippen molar-refractivity contribution in [2.24, 2.45) is 5.92 Å². The molecule has 0 aliphatic heterocycles. The maximum Gasteiger partial charge on any atom is 0.0411 e. The van der Waals surface area contributed by atoms with Crippen molar-refractivity contribution in [3.8, 4) is 0 Å². The van der Waals surface area contributed by atoms with E-state index in [1.54, 1.807) is 0 Å². The first kappa shape index (κ1) is 14.0. The molecule has 0 aromatic heterocycles. The van der Waals surface area contributed by atoms with Crippen LogP contribution >= 0.6 is 0 Å². The number of hydrogen-bond acceptors (Lipinski definition) is 2. The first-order valence-electron chi connectivity index (χ1n) is 6.59. The monoisotopic (exact) mass is 234 g/mol. The van der Waals surface area contributed by atoms with Gasteiger partial charge in [-0.25, -0.2) is 0 Å². The molecule has 0 bridgehead atoms. The Hall–Kier alpha value is -1.02. The largest absolute Gasteiger partial charge is 0.371 e. The van der Waals surface area contributed by atoms with Gasteiger partial charge in [0, 0.05) is 25.3 Å². The fourth-order valence-electron chi connectivity index (χ4n) is 1.93. The molecule has 0 aliphatic carbocycles. The highest BCUT2D eigenvalue weighted by atomic mass is 15.1. The number of nitrogens with one attached hydrogen (secondary N) is 1. The number of para-hydroxylation sites is 1. The van der Waals surface area contributed by atoms with Gasteiger partial charge in [-0.15, -0.1) is 0 Å². The summed E-state index contributed by atoms with van der Waals surface area (Å²) in [7, 11) is 2.19. The predicted molar refractivity (Wildman–Crippen MR) is 76.5 cm³/mol. The van der Waals surface area contributed by atoms with Crippen LogP contribution in [-0.4, -0.2) is 19.6 Å². The van der Waals surface area contributed by atoms with E-state index in [0.717, 1.165) is 13.1 Å². The Morgan fingerprint density at radius 2 is 1.82 bits per heavy atom. The molecule has 1 unspecified atom stereocenters. The van der Waals surface area contributed by atoms with Gasteiger partial charge in [-0.05, 0) is 31.0 Å². The van der Waals surface area contributed by atoms with E-state index in [9.17, 15) is 0 Å². The number of nitrogens with zero attached hydrogens (tertiary/aromatic N) is 1. The Labute approximate surface area is 106 Å². The molecular formula is C15H26N2. The Balaban J connectivity index is 2.88. The van der Waals surface area contributed by atoms with Crippen LogP contribution in [0, 0.1) is 5.92 Å². The second kappa shape index (κ2) is 6.65. The van der Waals surface area contributed by atoms with Crippen molar-refractivity contribution >= 4 is 5.69 Å². The van der Waals surface area contributed by atoms with E-state index in [1.165, 1.54) is 11.3 Å². The molecule has 0 radical (unpaired) electrons. The second-order valence-electron chi connectivity index (χ2n) is 5.00. The molecule has 0 amide bonds. The molecule has 1 rings (SSSR count). The zero-order valence-electron chi connectivity index (χ0n) is 11.8. The molecule has 0 saturated heterocycles. The van der Waals surface area contributed by atoms with Crippen LogP contribution in [-0.2, 0) is 6.54 Å². The van der Waals surface area contributed by atoms with Gasteiger partial charge in [0.15, 0.2) is 0 Å². The Morgan fingerprint density at radius 3 is 2.41 bits per heavy atom. The zero-order chi connectivity index (χ0) is 12.8. The van der Waals surface area contributed by atoms with Crippen LogP contribution < -0.4 is 10.2 Å². The molecule has 0 fully saturated rings. The topological polar surface area (TPSA) is 15.3 Å². The molecule has 2 heteroatoms. The summed E-state index contributed by atoms with van der Waals surface area (Å²) in [6.45, 7) is 10.9. The van der Waals surface area contributed by atoms with E-state index >= 15 is 0 Å². The fourth-order valence-corrected chi connectivity index (χ4v) is 1.93. The number of rotatable bonds is 6. The lowest BCUT2D eigenvalue weighted by Crippen LogP contribution is -2.34. The van der Waals surface area contributed by atoms with Crippen molar-refractivity contribution in [3.05, 3.63) is 29.8 Å². The van der Waals surface area contributed by atoms with E-state index < -0.39 is 0 Å². The minimum absolute atomic E-state index is 0.553. The van der Waals surface area contributed by atoms with Crippen LogP contribution in [0.3, 0.4) is 0 Å². The Kier molecular flexibility index (Phi) is 5.49. The van der Waals surface area contributed by atoms with Gasteiger partial charge >= 0.3 is 0 Å². The van der Waals surface area contributed by atoms with Gasteiger partial charge in [-0.2, -0.15) is 0 Å². The summed E-state index contributed by atoms with van der Waals surface area (Å²) in [5, 5.41) is 3.40. The van der Waals surface area contributed by atoms with Gasteiger partial charge in [-0.3, -0.25) is 0 Å². The summed E-state index contributed by atoms with van der Waals surface area (Å²) in [6, 6.07) is 9.21. The maximum absolute atomic E-state index is 3.40. The van der Waals surface area contributed by atoms with Crippen molar-refractivity contribution in [1.29, 1.82) is 0 Å². The van der Waals surface area contributed by atoms with Gasteiger partial charge in [0.05, 0.1) is 0 Å². The van der Waals surface area contributed by atoms with E-state index in [1.807, 2.05) is 0 Å². The maximum atomic E-state index is 3.40. The lowest BCUT2D eigenvalue weighted by Gasteiger charge is -2.31. The third kappa shape index (κ3) is 3.74. The van der Waals surface area contributed by atoms with Gasteiger partial charge in [-0.1, -0.05) is 39.0 Å². The van der Waals surface area contributed by atoms with E-state index in [2.05, 4.69) is 69.2 Å². The fraction of sp³-hybridized carbons (Fsp3) is 0.600. The normalized spacial score (nSPS) is 12.8. The van der Waals surface area contributed by atoms with Gasteiger partial charge < -0.3 is 10.2 Å². The summed E-state index contributed by atoms with van der Waals surface area (Å²) < 4.78 is 0. The summed E-state index contributed by atoms with van der Waals surface area (Å²) in [4.78, 5) is 2.39. The molecule has 0 aliphatic rings. The van der Waals surface area contributed by atoms with E-state index in [4.69, 9.17) is 0 Å². The quantitative estimate of drug-likeness (QED) is 0.812. The van der Waals surface area contributed by atoms with Crippen LogP contribution in [0.2, 0.25) is 0 Å². The average molecular weight is 234 g/mol. The standard InChI is InChI=1S/C15H26N2/c1-6-16-11-14-9-7-8-10-15(14)17(5)13(4)12(2)3/h7-10,12-13,16H,6,11H2,1-5H3. The molecule has 2 nitrogen and oxygen atoms in total. The Bertz CT molecular complexity index is 333. The number of anilines is 1. The molecule has 0 saturated carbocycles. The number of benzene rings is 1. The summed E-state index contributed by atoms with van der Waals surface area (Å²) in [5.74, 6) is 0.659. The van der Waals surface area contributed by atoms with Gasteiger partial charge in [0.1, 0.15) is 0 Å². The lowest BCUT2D eigenvalue weighted by atomic mass is 10.0. The van der Waals surface area contributed by atoms with Crippen LogP contribution in [0.25, 0.3) is 0 Å². The summed E-state index contributed by atoms with van der Waals surface area (Å²) in [5.41, 5.74) is 2.72. The highest BCUT2D eigenvalue weighted by Gasteiger charge is 2.15. The molecule has 1 N–H and O–H groups in total. The SMILES string of the molecule is CCNCc1ccccc1N(C)C(C)C(C)C. The van der Waals surface area contributed by atoms with Crippen molar-refractivity contribution in [2.45, 2.75) is 40.3 Å². The molecule has 1 atom stereocenters.